The lowest BCUT2D eigenvalue weighted by Crippen LogP contribution is -2.38. The van der Waals surface area contributed by atoms with Crippen LogP contribution in [0.25, 0.3) is 0 Å². The fourth-order valence-corrected chi connectivity index (χ4v) is 4.79. The van der Waals surface area contributed by atoms with Crippen LogP contribution in [0.15, 0.2) is 23.1 Å². The Balaban J connectivity index is 2.17. The summed E-state index contributed by atoms with van der Waals surface area (Å²) >= 11 is 1.69. The normalized spacial score (nSPS) is 18.3. The lowest BCUT2D eigenvalue weighted by molar-refractivity contribution is 0.550. The van der Waals surface area contributed by atoms with Gasteiger partial charge < -0.3 is 5.73 Å². The molecule has 2 rings (SSSR count). The number of nitrogens with two attached hydrogens (primary N) is 1. The van der Waals surface area contributed by atoms with E-state index < -0.39 is 15.8 Å². The van der Waals surface area contributed by atoms with E-state index in [0.717, 1.165) is 37.8 Å². The largest absolute Gasteiger partial charge is 0.398 e. The van der Waals surface area contributed by atoms with Gasteiger partial charge in [0.25, 0.3) is 0 Å². The topological polar surface area (TPSA) is 72.2 Å². The average molecular weight is 318 g/mol. The Morgan fingerprint density at radius 3 is 2.65 bits per heavy atom. The molecule has 1 saturated carbocycles. The number of nitrogens with one attached hydrogen (secondary N) is 1. The molecule has 0 aromatic heterocycles. The maximum atomic E-state index is 13.2. The molecule has 0 saturated heterocycles. The van der Waals surface area contributed by atoms with E-state index in [1.807, 2.05) is 6.26 Å². The summed E-state index contributed by atoms with van der Waals surface area (Å²) in [5, 5.41) is 0. The van der Waals surface area contributed by atoms with Crippen molar-refractivity contribution in [2.75, 3.05) is 18.5 Å². The molecule has 7 heteroatoms. The highest BCUT2D eigenvalue weighted by Crippen LogP contribution is 2.39. The second-order valence-electron chi connectivity index (χ2n) is 5.10. The minimum absolute atomic E-state index is 0.0465. The standard InChI is InChI=1S/C13H19FN2O2S2/c1-19-13(6-2-3-7-13)9-16-20(17,18)12-8-10(14)4-5-11(12)15/h4-5,8,16H,2-3,6-7,9,15H2,1H3. The van der Waals surface area contributed by atoms with Crippen LogP contribution in [-0.4, -0.2) is 26.0 Å². The van der Waals surface area contributed by atoms with Gasteiger partial charge in [0.2, 0.25) is 10.0 Å². The number of rotatable bonds is 5. The highest BCUT2D eigenvalue weighted by Gasteiger charge is 2.34. The van der Waals surface area contributed by atoms with Crippen molar-refractivity contribution in [1.29, 1.82) is 0 Å². The predicted octanol–water partition coefficient (Wildman–Crippen LogP) is 2.36. The quantitative estimate of drug-likeness (QED) is 0.818. The van der Waals surface area contributed by atoms with Gasteiger partial charge in [-0.3, -0.25) is 0 Å². The number of nitrogen functional groups attached to an aromatic ring is 1. The zero-order chi connectivity index (χ0) is 14.8. The molecule has 0 bridgehead atoms. The Labute approximate surface area is 123 Å². The average Bonchev–Trinajstić information content (AvgIpc) is 2.89. The molecule has 1 aromatic rings. The van der Waals surface area contributed by atoms with Crippen LogP contribution >= 0.6 is 11.8 Å². The lowest BCUT2D eigenvalue weighted by atomic mass is 10.1. The van der Waals surface area contributed by atoms with Gasteiger partial charge in [0.05, 0.1) is 5.69 Å². The molecule has 20 heavy (non-hydrogen) atoms. The van der Waals surface area contributed by atoms with Gasteiger partial charge >= 0.3 is 0 Å². The van der Waals surface area contributed by atoms with E-state index in [1.165, 1.54) is 6.07 Å². The maximum Gasteiger partial charge on any atom is 0.242 e. The smallest absolute Gasteiger partial charge is 0.242 e. The first-order valence-electron chi connectivity index (χ1n) is 6.48. The van der Waals surface area contributed by atoms with Gasteiger partial charge in [-0.25, -0.2) is 17.5 Å². The van der Waals surface area contributed by atoms with Crippen molar-refractivity contribution in [2.24, 2.45) is 0 Å². The molecule has 0 radical (unpaired) electrons. The monoisotopic (exact) mass is 318 g/mol. The summed E-state index contributed by atoms with van der Waals surface area (Å²) in [6.45, 7) is 0.354. The summed E-state index contributed by atoms with van der Waals surface area (Å²) in [4.78, 5) is -0.188. The molecule has 0 spiro atoms. The lowest BCUT2D eigenvalue weighted by Gasteiger charge is -2.26. The molecule has 0 unspecified atom stereocenters. The summed E-state index contributed by atoms with van der Waals surface area (Å²) < 4.78 is 40.2. The Bertz CT molecular complexity index is 584. The number of anilines is 1. The summed E-state index contributed by atoms with van der Waals surface area (Å²) in [6.07, 6.45) is 6.22. The third-order valence-electron chi connectivity index (χ3n) is 3.80. The molecule has 1 aliphatic rings. The van der Waals surface area contributed by atoms with Crippen molar-refractivity contribution in [1.82, 2.24) is 4.72 Å². The molecular weight excluding hydrogens is 299 g/mol. The van der Waals surface area contributed by atoms with E-state index >= 15 is 0 Å². The Morgan fingerprint density at radius 2 is 2.05 bits per heavy atom. The molecule has 3 N–H and O–H groups in total. The number of hydrogen-bond acceptors (Lipinski definition) is 4. The molecule has 4 nitrogen and oxygen atoms in total. The summed E-state index contributed by atoms with van der Waals surface area (Å²) in [6, 6.07) is 3.37. The van der Waals surface area contributed by atoms with E-state index in [2.05, 4.69) is 4.72 Å². The van der Waals surface area contributed by atoms with Crippen molar-refractivity contribution in [2.45, 2.75) is 35.3 Å². The summed E-state index contributed by atoms with van der Waals surface area (Å²) in [7, 11) is -3.78. The van der Waals surface area contributed by atoms with Crippen LogP contribution in [0.4, 0.5) is 10.1 Å². The van der Waals surface area contributed by atoms with Crippen LogP contribution < -0.4 is 10.5 Å². The number of sulfonamides is 1. The molecule has 1 aliphatic carbocycles. The van der Waals surface area contributed by atoms with Crippen molar-refractivity contribution in [3.63, 3.8) is 0 Å². The number of thioether (sulfide) groups is 1. The zero-order valence-corrected chi connectivity index (χ0v) is 13.0. The van der Waals surface area contributed by atoms with Crippen molar-refractivity contribution >= 4 is 27.5 Å². The van der Waals surface area contributed by atoms with E-state index in [4.69, 9.17) is 5.73 Å². The van der Waals surface area contributed by atoms with E-state index in [9.17, 15) is 12.8 Å². The maximum absolute atomic E-state index is 13.2. The van der Waals surface area contributed by atoms with Gasteiger partial charge in [-0.05, 0) is 37.3 Å². The fourth-order valence-electron chi connectivity index (χ4n) is 2.52. The highest BCUT2D eigenvalue weighted by molar-refractivity contribution is 8.00. The second kappa shape index (κ2) is 5.91. The SMILES string of the molecule is CSC1(CNS(=O)(=O)c2cc(F)ccc2N)CCCC1. The Kier molecular flexibility index (Phi) is 4.61. The van der Waals surface area contributed by atoms with E-state index in [1.54, 1.807) is 11.8 Å². The molecule has 1 aromatic carbocycles. The van der Waals surface area contributed by atoms with Crippen LogP contribution in [0.1, 0.15) is 25.7 Å². The number of hydrogen-bond donors (Lipinski definition) is 2. The third kappa shape index (κ3) is 3.27. The fraction of sp³-hybridized carbons (Fsp3) is 0.538. The van der Waals surface area contributed by atoms with Crippen LogP contribution in [0.5, 0.6) is 0 Å². The Hall–Kier alpha value is -0.790. The van der Waals surface area contributed by atoms with Gasteiger partial charge in [0, 0.05) is 11.3 Å². The summed E-state index contributed by atoms with van der Waals surface area (Å²) in [5.74, 6) is -0.611. The highest BCUT2D eigenvalue weighted by atomic mass is 32.2. The summed E-state index contributed by atoms with van der Waals surface area (Å²) in [5.41, 5.74) is 5.69. The molecule has 1 fully saturated rings. The van der Waals surface area contributed by atoms with E-state index in [0.29, 0.717) is 6.54 Å². The van der Waals surface area contributed by atoms with Gasteiger partial charge in [0.15, 0.2) is 0 Å². The first kappa shape index (κ1) is 15.6. The van der Waals surface area contributed by atoms with Crippen molar-refractivity contribution in [3.8, 4) is 0 Å². The van der Waals surface area contributed by atoms with Crippen LogP contribution in [-0.2, 0) is 10.0 Å². The predicted molar refractivity (Wildman–Crippen MR) is 80.7 cm³/mol. The number of halogens is 1. The van der Waals surface area contributed by atoms with Crippen molar-refractivity contribution in [3.05, 3.63) is 24.0 Å². The Morgan fingerprint density at radius 1 is 1.40 bits per heavy atom. The molecular formula is C13H19FN2O2S2. The van der Waals surface area contributed by atoms with E-state index in [-0.39, 0.29) is 15.3 Å². The minimum atomic E-state index is -3.78. The number of benzene rings is 1. The van der Waals surface area contributed by atoms with Gasteiger partial charge in [-0.15, -0.1) is 0 Å². The first-order valence-corrected chi connectivity index (χ1v) is 9.19. The van der Waals surface area contributed by atoms with Gasteiger partial charge in [0.1, 0.15) is 10.7 Å². The van der Waals surface area contributed by atoms with Crippen LogP contribution in [0.2, 0.25) is 0 Å². The van der Waals surface area contributed by atoms with Crippen LogP contribution in [0, 0.1) is 5.82 Å². The first-order chi connectivity index (χ1) is 9.38. The zero-order valence-electron chi connectivity index (χ0n) is 11.4. The third-order valence-corrected chi connectivity index (χ3v) is 6.67. The molecule has 0 atom stereocenters. The molecule has 0 amide bonds. The van der Waals surface area contributed by atoms with Gasteiger partial charge in [-0.1, -0.05) is 12.8 Å². The second-order valence-corrected chi connectivity index (χ2v) is 8.11. The minimum Gasteiger partial charge on any atom is -0.398 e. The van der Waals surface area contributed by atoms with Gasteiger partial charge in [-0.2, -0.15) is 11.8 Å². The molecule has 112 valence electrons. The van der Waals surface area contributed by atoms with Crippen LogP contribution in [0.3, 0.4) is 0 Å². The molecule has 0 heterocycles. The van der Waals surface area contributed by atoms with Crippen molar-refractivity contribution < 1.29 is 12.8 Å². The molecule has 0 aliphatic heterocycles.